The Balaban J connectivity index is 2.29. The van der Waals surface area contributed by atoms with Crippen LogP contribution in [0.1, 0.15) is 32.0 Å². The van der Waals surface area contributed by atoms with Gasteiger partial charge in [-0.15, -0.1) is 0 Å². The van der Waals surface area contributed by atoms with E-state index in [1.807, 2.05) is 0 Å². The number of unbranched alkanes of at least 4 members (excludes halogenated alkanes) is 2. The molecule has 104 valence electrons. The maximum atomic E-state index is 10.8. The van der Waals surface area contributed by atoms with Gasteiger partial charge < -0.3 is 4.98 Å². The molecule has 8 heteroatoms. The maximum Gasteiger partial charge on any atom is 0.259 e. The fraction of sp³-hybridized carbons (Fsp3) is 0.455. The Morgan fingerprint density at radius 1 is 1.47 bits per heavy atom. The molecule has 0 aliphatic carbocycles. The van der Waals surface area contributed by atoms with Gasteiger partial charge in [-0.25, -0.2) is 14.2 Å². The molecule has 0 radical (unpaired) electrons. The number of H-pyrrole nitrogens is 1. The minimum Gasteiger partial charge on any atom is -0.344 e. The van der Waals surface area contributed by atoms with Crippen LogP contribution in [0, 0.1) is 0 Å². The monoisotopic (exact) mass is 302 g/mol. The molecule has 0 bridgehead atoms. The predicted molar refractivity (Wildman–Crippen MR) is 76.5 cm³/mol. The van der Waals surface area contributed by atoms with Gasteiger partial charge in [0.25, 0.3) is 11.3 Å². The summed E-state index contributed by atoms with van der Waals surface area (Å²) in [6.07, 6.45) is 5.60. The second-order valence-corrected chi connectivity index (χ2v) is 5.23. The van der Waals surface area contributed by atoms with E-state index in [1.165, 1.54) is 0 Å². The number of nitrogens with one attached hydrogen (secondary N) is 2. The molecule has 0 aliphatic rings. The van der Waals surface area contributed by atoms with Gasteiger partial charge in [0.15, 0.2) is 0 Å². The molecule has 0 saturated carbocycles. The van der Waals surface area contributed by atoms with Crippen LogP contribution in [-0.2, 0) is 17.7 Å². The number of rotatable bonds is 6. The zero-order valence-electron chi connectivity index (χ0n) is 10.4. The van der Waals surface area contributed by atoms with Crippen LogP contribution in [0.3, 0.4) is 0 Å². The zero-order chi connectivity index (χ0) is 13.8. The van der Waals surface area contributed by atoms with Crippen molar-refractivity contribution in [2.45, 2.75) is 32.6 Å². The van der Waals surface area contributed by atoms with Crippen molar-refractivity contribution in [3.63, 3.8) is 0 Å². The zero-order valence-corrected chi connectivity index (χ0v) is 12.0. The SMILES string of the molecule is CCCCCc1nc(Cl)c2c(NS(=O)O)c[nH]c2n1. The van der Waals surface area contributed by atoms with Crippen LogP contribution in [0.15, 0.2) is 6.20 Å². The molecule has 2 heterocycles. The van der Waals surface area contributed by atoms with Crippen molar-refractivity contribution in [3.8, 4) is 0 Å². The molecule has 2 aromatic rings. The van der Waals surface area contributed by atoms with Gasteiger partial charge >= 0.3 is 0 Å². The van der Waals surface area contributed by atoms with E-state index in [9.17, 15) is 4.21 Å². The summed E-state index contributed by atoms with van der Waals surface area (Å²) in [5.41, 5.74) is 0.986. The van der Waals surface area contributed by atoms with Gasteiger partial charge in [0.2, 0.25) is 0 Å². The first kappa shape index (κ1) is 14.2. The van der Waals surface area contributed by atoms with Crippen molar-refractivity contribution < 1.29 is 8.76 Å². The standard InChI is InChI=1S/C11H15ClN4O2S/c1-2-3-4-5-8-14-10(12)9-7(16-19(17)18)6-13-11(9)15-8/h6,16H,2-5H2,1H3,(H,17,18)(H,13,14,15). The van der Waals surface area contributed by atoms with E-state index in [2.05, 4.69) is 26.6 Å². The molecule has 0 amide bonds. The lowest BCUT2D eigenvalue weighted by Gasteiger charge is -2.03. The highest BCUT2D eigenvalue weighted by atomic mass is 35.5. The van der Waals surface area contributed by atoms with Gasteiger partial charge in [0, 0.05) is 12.6 Å². The van der Waals surface area contributed by atoms with Crippen molar-refractivity contribution >= 4 is 39.6 Å². The number of fused-ring (bicyclic) bond motifs is 1. The first-order valence-electron chi connectivity index (χ1n) is 6.02. The molecule has 0 aliphatic heterocycles. The summed E-state index contributed by atoms with van der Waals surface area (Å²) in [7, 11) is 0. The largest absolute Gasteiger partial charge is 0.344 e. The first-order chi connectivity index (χ1) is 9.11. The molecule has 2 aromatic heterocycles. The minimum atomic E-state index is -2.15. The van der Waals surface area contributed by atoms with Crippen LogP contribution in [0.2, 0.25) is 5.15 Å². The van der Waals surface area contributed by atoms with Crippen molar-refractivity contribution in [1.82, 2.24) is 15.0 Å². The van der Waals surface area contributed by atoms with Crippen LogP contribution in [0.4, 0.5) is 5.69 Å². The third kappa shape index (κ3) is 3.43. The Morgan fingerprint density at radius 3 is 2.95 bits per heavy atom. The fourth-order valence-corrected chi connectivity index (χ4v) is 2.49. The summed E-state index contributed by atoms with van der Waals surface area (Å²) in [6, 6.07) is 0. The number of nitrogens with zero attached hydrogens (tertiary/aromatic N) is 2. The molecule has 0 spiro atoms. The molecule has 6 nitrogen and oxygen atoms in total. The van der Waals surface area contributed by atoms with Gasteiger partial charge in [0.05, 0.1) is 11.1 Å². The molecule has 1 unspecified atom stereocenters. The number of halogens is 1. The number of aromatic nitrogens is 3. The van der Waals surface area contributed by atoms with Crippen molar-refractivity contribution in [3.05, 3.63) is 17.2 Å². The minimum absolute atomic E-state index is 0.283. The van der Waals surface area contributed by atoms with E-state index in [0.717, 1.165) is 25.7 Å². The van der Waals surface area contributed by atoms with Crippen LogP contribution >= 0.6 is 11.6 Å². The molecule has 0 aromatic carbocycles. The summed E-state index contributed by atoms with van der Waals surface area (Å²) in [5, 5.41) is 0.814. The molecule has 2 rings (SSSR count). The topological polar surface area (TPSA) is 90.9 Å². The van der Waals surface area contributed by atoms with E-state index in [0.29, 0.717) is 22.5 Å². The fourth-order valence-electron chi connectivity index (χ4n) is 1.85. The predicted octanol–water partition coefficient (Wildman–Crippen LogP) is 2.89. The Kier molecular flexibility index (Phi) is 4.73. The van der Waals surface area contributed by atoms with E-state index in [-0.39, 0.29) is 5.15 Å². The smallest absolute Gasteiger partial charge is 0.259 e. The summed E-state index contributed by atoms with van der Waals surface area (Å²) >= 11 is 3.96. The number of aryl methyl sites for hydroxylation is 1. The maximum absolute atomic E-state index is 10.8. The second-order valence-electron chi connectivity index (χ2n) is 4.16. The summed E-state index contributed by atoms with van der Waals surface area (Å²) in [5.74, 6) is 0.685. The van der Waals surface area contributed by atoms with Gasteiger partial charge in [-0.1, -0.05) is 31.4 Å². The van der Waals surface area contributed by atoms with E-state index >= 15 is 0 Å². The molecular formula is C11H15ClN4O2S. The van der Waals surface area contributed by atoms with Crippen LogP contribution in [0.5, 0.6) is 0 Å². The Bertz CT molecular complexity index is 602. The number of hydrogen-bond donors (Lipinski definition) is 3. The summed E-state index contributed by atoms with van der Waals surface area (Å²) in [4.78, 5) is 11.5. The lowest BCUT2D eigenvalue weighted by molar-refractivity contribution is 0.570. The quantitative estimate of drug-likeness (QED) is 0.435. The van der Waals surface area contributed by atoms with Gasteiger partial charge in [-0.3, -0.25) is 9.27 Å². The van der Waals surface area contributed by atoms with Gasteiger partial charge in [-0.05, 0) is 6.42 Å². The van der Waals surface area contributed by atoms with Gasteiger partial charge in [-0.2, -0.15) is 0 Å². The second kappa shape index (κ2) is 6.31. The number of hydrogen-bond acceptors (Lipinski definition) is 3. The molecule has 3 N–H and O–H groups in total. The van der Waals surface area contributed by atoms with Crippen molar-refractivity contribution in [2.24, 2.45) is 0 Å². The van der Waals surface area contributed by atoms with Crippen LogP contribution in [-0.4, -0.2) is 23.7 Å². The summed E-state index contributed by atoms with van der Waals surface area (Å²) in [6.45, 7) is 2.13. The lowest BCUT2D eigenvalue weighted by atomic mass is 10.2. The average Bonchev–Trinajstić information content (AvgIpc) is 2.72. The Hall–Kier alpha value is -1.18. The molecule has 0 fully saturated rings. The normalized spacial score (nSPS) is 12.8. The molecule has 0 saturated heterocycles. The Labute approximate surface area is 118 Å². The van der Waals surface area contributed by atoms with E-state index in [4.69, 9.17) is 16.2 Å². The molecule has 1 atom stereocenters. The van der Waals surface area contributed by atoms with Crippen molar-refractivity contribution in [2.75, 3.05) is 4.72 Å². The van der Waals surface area contributed by atoms with E-state index in [1.54, 1.807) is 6.20 Å². The Morgan fingerprint density at radius 2 is 2.26 bits per heavy atom. The highest BCUT2D eigenvalue weighted by molar-refractivity contribution is 7.80. The third-order valence-corrected chi connectivity index (χ3v) is 3.40. The van der Waals surface area contributed by atoms with Crippen molar-refractivity contribution in [1.29, 1.82) is 0 Å². The average molecular weight is 303 g/mol. The van der Waals surface area contributed by atoms with E-state index < -0.39 is 11.3 Å². The highest BCUT2D eigenvalue weighted by Crippen LogP contribution is 2.28. The number of anilines is 1. The van der Waals surface area contributed by atoms with Crippen LogP contribution < -0.4 is 4.72 Å². The molecular weight excluding hydrogens is 288 g/mol. The van der Waals surface area contributed by atoms with Crippen LogP contribution in [0.25, 0.3) is 11.0 Å². The third-order valence-electron chi connectivity index (χ3n) is 2.73. The summed E-state index contributed by atoms with van der Waals surface area (Å²) < 4.78 is 22.0. The molecule has 19 heavy (non-hydrogen) atoms. The number of aromatic amines is 1. The van der Waals surface area contributed by atoms with Gasteiger partial charge in [0.1, 0.15) is 16.6 Å². The highest BCUT2D eigenvalue weighted by Gasteiger charge is 2.13. The first-order valence-corrected chi connectivity index (χ1v) is 7.51. The lowest BCUT2D eigenvalue weighted by Crippen LogP contribution is -2.02.